The van der Waals surface area contributed by atoms with Crippen LogP contribution in [0.5, 0.6) is 0 Å². The molecule has 5 nitrogen and oxygen atoms in total. The molecule has 1 rings (SSSR count). The van der Waals surface area contributed by atoms with Crippen LogP contribution in [-0.2, 0) is 14.0 Å². The van der Waals surface area contributed by atoms with E-state index in [1.807, 2.05) is 0 Å². The second kappa shape index (κ2) is 22.2. The molecule has 0 aromatic heterocycles. The summed E-state index contributed by atoms with van der Waals surface area (Å²) in [5.41, 5.74) is 0. The quantitative estimate of drug-likeness (QED) is 0.0697. The highest BCUT2D eigenvalue weighted by Crippen LogP contribution is 2.36. The fraction of sp³-hybridized carbons (Fsp3) is 0.971. The molecule has 1 heterocycles. The predicted molar refractivity (Wildman–Crippen MR) is 173 cm³/mol. The number of aliphatic hydroxyl groups excluding tert-OH is 1. The summed E-state index contributed by atoms with van der Waals surface area (Å²) in [6, 6.07) is 0. The van der Waals surface area contributed by atoms with Gasteiger partial charge in [0.1, 0.15) is 0 Å². The molecule has 0 radical (unpaired) electrons. The second-order valence-corrected chi connectivity index (χ2v) is 18.9. The van der Waals surface area contributed by atoms with Crippen molar-refractivity contribution in [2.24, 2.45) is 11.8 Å². The fourth-order valence-electron chi connectivity index (χ4n) is 5.53. The Kier molecular flexibility index (Phi) is 20.8. The Morgan fingerprint density at radius 3 is 1.88 bits per heavy atom. The van der Waals surface area contributed by atoms with E-state index >= 15 is 0 Å². The fourth-order valence-corrected chi connectivity index (χ4v) is 6.61. The van der Waals surface area contributed by atoms with E-state index in [-0.39, 0.29) is 23.5 Å². The summed E-state index contributed by atoms with van der Waals surface area (Å²) in [6.07, 6.45) is 22.0. The van der Waals surface area contributed by atoms with E-state index in [4.69, 9.17) is 9.16 Å². The molecule has 0 aliphatic carbocycles. The molecule has 0 bridgehead atoms. The van der Waals surface area contributed by atoms with Gasteiger partial charge < -0.3 is 19.2 Å². The third-order valence-electron chi connectivity index (χ3n) is 9.61. The highest BCUT2D eigenvalue weighted by atomic mass is 28.4. The van der Waals surface area contributed by atoms with Gasteiger partial charge in [0.15, 0.2) is 8.32 Å². The predicted octanol–water partition coefficient (Wildman–Crippen LogP) is 9.13. The van der Waals surface area contributed by atoms with Gasteiger partial charge in [0.25, 0.3) is 0 Å². The number of hydrogen-bond donors (Lipinski definition) is 1. The molecule has 1 fully saturated rings. The van der Waals surface area contributed by atoms with Gasteiger partial charge in [0.05, 0.1) is 6.61 Å². The number of ether oxygens (including phenoxy) is 1. The van der Waals surface area contributed by atoms with Crippen molar-refractivity contribution in [2.75, 3.05) is 39.5 Å². The van der Waals surface area contributed by atoms with Crippen LogP contribution in [-0.4, -0.2) is 63.7 Å². The Bertz CT molecular complexity index is 614. The maximum atomic E-state index is 12.3. The molecule has 0 aromatic rings. The van der Waals surface area contributed by atoms with E-state index in [2.05, 4.69) is 45.7 Å². The average molecular weight is 584 g/mol. The third kappa shape index (κ3) is 17.5. The largest absolute Gasteiger partial charge is 0.465 e. The highest BCUT2D eigenvalue weighted by Gasteiger charge is 2.36. The minimum absolute atomic E-state index is 0.0794. The van der Waals surface area contributed by atoms with Crippen LogP contribution in [0.3, 0.4) is 0 Å². The number of hydrogen-bond acceptors (Lipinski definition) is 5. The molecule has 1 saturated heterocycles. The van der Waals surface area contributed by atoms with Gasteiger partial charge in [-0.05, 0) is 75.8 Å². The first kappa shape index (κ1) is 37.6. The van der Waals surface area contributed by atoms with Crippen molar-refractivity contribution in [3.63, 3.8) is 0 Å². The summed E-state index contributed by atoms with van der Waals surface area (Å²) in [4.78, 5) is 14.8. The standard InChI is InChI=1S/C34H69NO4Si/c1-7-8-9-10-11-12-13-14-15-16-17-18-19-22-33(37)38-30-32(29-36)31-23-26-35(27-24-31)25-20-21-28-39-40(5,6)34(2,3)4/h31-32,36H,7-30H2,1-6H3. The van der Waals surface area contributed by atoms with Gasteiger partial charge >= 0.3 is 5.97 Å². The van der Waals surface area contributed by atoms with Crippen LogP contribution in [0.4, 0.5) is 0 Å². The van der Waals surface area contributed by atoms with Crippen molar-refractivity contribution in [1.82, 2.24) is 4.90 Å². The van der Waals surface area contributed by atoms with Crippen LogP contribution >= 0.6 is 0 Å². The highest BCUT2D eigenvalue weighted by molar-refractivity contribution is 6.74. The molecule has 1 aliphatic rings. The zero-order valence-electron chi connectivity index (χ0n) is 27.7. The molecule has 0 spiro atoms. The summed E-state index contributed by atoms with van der Waals surface area (Å²) in [7, 11) is -1.63. The number of carbonyl (C=O) groups excluding carboxylic acids is 1. The molecule has 6 heteroatoms. The Morgan fingerprint density at radius 1 is 0.850 bits per heavy atom. The van der Waals surface area contributed by atoms with E-state index in [0.717, 1.165) is 58.3 Å². The van der Waals surface area contributed by atoms with E-state index in [1.54, 1.807) is 0 Å². The molecule has 0 amide bonds. The molecule has 238 valence electrons. The number of esters is 1. The van der Waals surface area contributed by atoms with Gasteiger partial charge in [0.2, 0.25) is 0 Å². The van der Waals surface area contributed by atoms with Crippen LogP contribution in [0.15, 0.2) is 0 Å². The van der Waals surface area contributed by atoms with E-state index in [1.165, 1.54) is 77.0 Å². The van der Waals surface area contributed by atoms with Gasteiger partial charge in [-0.1, -0.05) is 105 Å². The van der Waals surface area contributed by atoms with E-state index in [0.29, 0.717) is 18.9 Å². The molecule has 1 atom stereocenters. The molecular weight excluding hydrogens is 514 g/mol. The van der Waals surface area contributed by atoms with Crippen molar-refractivity contribution in [2.45, 2.75) is 161 Å². The van der Waals surface area contributed by atoms with Gasteiger partial charge in [-0.15, -0.1) is 0 Å². The van der Waals surface area contributed by atoms with Crippen LogP contribution in [0.25, 0.3) is 0 Å². The summed E-state index contributed by atoms with van der Waals surface area (Å²) in [5.74, 6) is 0.446. The Balaban J connectivity index is 2.03. The molecular formula is C34H69NO4Si. The van der Waals surface area contributed by atoms with Gasteiger partial charge in [-0.25, -0.2) is 0 Å². The Morgan fingerprint density at radius 2 is 1.38 bits per heavy atom. The lowest BCUT2D eigenvalue weighted by Gasteiger charge is -2.36. The molecule has 0 aromatic carbocycles. The zero-order chi connectivity index (χ0) is 29.7. The molecule has 0 saturated carbocycles. The van der Waals surface area contributed by atoms with Gasteiger partial charge in [-0.3, -0.25) is 4.79 Å². The number of unbranched alkanes of at least 4 members (excludes halogenated alkanes) is 13. The third-order valence-corrected chi connectivity index (χ3v) is 14.2. The first-order valence-electron chi connectivity index (χ1n) is 17.2. The number of nitrogens with zero attached hydrogens (tertiary/aromatic N) is 1. The number of likely N-dealkylation sites (tertiary alicyclic amines) is 1. The number of aliphatic hydroxyl groups is 1. The van der Waals surface area contributed by atoms with E-state index in [9.17, 15) is 9.90 Å². The van der Waals surface area contributed by atoms with Crippen molar-refractivity contribution in [3.8, 4) is 0 Å². The molecule has 1 unspecified atom stereocenters. The summed E-state index contributed by atoms with van der Waals surface area (Å²) < 4.78 is 11.9. The van der Waals surface area contributed by atoms with Gasteiger partial charge in [-0.2, -0.15) is 0 Å². The zero-order valence-corrected chi connectivity index (χ0v) is 28.7. The lowest BCUT2D eigenvalue weighted by molar-refractivity contribution is -0.146. The average Bonchev–Trinajstić information content (AvgIpc) is 2.91. The van der Waals surface area contributed by atoms with Gasteiger partial charge in [0, 0.05) is 25.6 Å². The SMILES string of the molecule is CCCCCCCCCCCCCCCC(=O)OCC(CO)C1CCN(CCCCO[Si](C)(C)C(C)(C)C)CC1. The summed E-state index contributed by atoms with van der Waals surface area (Å²) >= 11 is 0. The van der Waals surface area contributed by atoms with Crippen molar-refractivity contribution >= 4 is 14.3 Å². The Hall–Kier alpha value is -0.433. The van der Waals surface area contributed by atoms with Crippen molar-refractivity contribution in [1.29, 1.82) is 0 Å². The van der Waals surface area contributed by atoms with E-state index < -0.39 is 8.32 Å². The van der Waals surface area contributed by atoms with Crippen LogP contribution in [0.2, 0.25) is 18.1 Å². The number of piperidine rings is 1. The monoisotopic (exact) mass is 583 g/mol. The second-order valence-electron chi connectivity index (χ2n) is 14.1. The minimum atomic E-state index is -1.63. The smallest absolute Gasteiger partial charge is 0.305 e. The maximum absolute atomic E-state index is 12.3. The van der Waals surface area contributed by atoms with Crippen molar-refractivity contribution in [3.05, 3.63) is 0 Å². The summed E-state index contributed by atoms with van der Waals surface area (Å²) in [5, 5.41) is 10.2. The maximum Gasteiger partial charge on any atom is 0.305 e. The normalized spacial score (nSPS) is 16.4. The molecule has 1 aliphatic heterocycles. The number of carbonyl (C=O) groups is 1. The van der Waals surface area contributed by atoms with Crippen LogP contribution in [0.1, 0.15) is 143 Å². The van der Waals surface area contributed by atoms with Crippen LogP contribution in [0, 0.1) is 11.8 Å². The van der Waals surface area contributed by atoms with Crippen LogP contribution < -0.4 is 0 Å². The molecule has 1 N–H and O–H groups in total. The van der Waals surface area contributed by atoms with Crippen molar-refractivity contribution < 1.29 is 19.1 Å². The molecule has 40 heavy (non-hydrogen) atoms. The summed E-state index contributed by atoms with van der Waals surface area (Å²) in [6.45, 7) is 18.5. The lowest BCUT2D eigenvalue weighted by Crippen LogP contribution is -2.41. The number of rotatable bonds is 24. The minimum Gasteiger partial charge on any atom is -0.465 e. The first-order chi connectivity index (χ1) is 19.1. The Labute approximate surface area is 250 Å². The lowest BCUT2D eigenvalue weighted by atomic mass is 9.85. The first-order valence-corrected chi connectivity index (χ1v) is 20.1. The topological polar surface area (TPSA) is 59.0 Å².